The van der Waals surface area contributed by atoms with Crippen LogP contribution in [0.2, 0.25) is 0 Å². The Morgan fingerprint density at radius 3 is 2.66 bits per heavy atom. The molecular weight excluding hydrogens is 388 g/mol. The molecule has 0 saturated carbocycles. The lowest BCUT2D eigenvalue weighted by molar-refractivity contribution is 0.362. The predicted molar refractivity (Wildman–Crippen MR) is 112 cm³/mol. The average molecular weight is 415 g/mol. The number of anilines is 1. The van der Waals surface area contributed by atoms with Crippen LogP contribution in [-0.4, -0.2) is 45.1 Å². The van der Waals surface area contributed by atoms with E-state index in [4.69, 9.17) is 9.26 Å². The summed E-state index contributed by atoms with van der Waals surface area (Å²) in [6.45, 7) is 6.04. The first-order valence-electron chi connectivity index (χ1n) is 9.96. The van der Waals surface area contributed by atoms with Crippen molar-refractivity contribution in [3.63, 3.8) is 0 Å². The Hall–Kier alpha value is -2.55. The summed E-state index contributed by atoms with van der Waals surface area (Å²) in [5.41, 5.74) is 0.930. The monoisotopic (exact) mass is 414 g/mol. The third-order valence-electron chi connectivity index (χ3n) is 4.89. The van der Waals surface area contributed by atoms with Crippen LogP contribution in [-0.2, 0) is 5.75 Å². The first-order chi connectivity index (χ1) is 14.2. The van der Waals surface area contributed by atoms with E-state index in [0.717, 1.165) is 35.6 Å². The van der Waals surface area contributed by atoms with E-state index >= 15 is 0 Å². The molecule has 0 aliphatic carbocycles. The summed E-state index contributed by atoms with van der Waals surface area (Å²) in [6.07, 6.45) is 3.60. The number of piperidine rings is 1. The van der Waals surface area contributed by atoms with Gasteiger partial charge in [0.15, 0.2) is 11.0 Å². The zero-order valence-corrected chi connectivity index (χ0v) is 17.9. The van der Waals surface area contributed by atoms with Gasteiger partial charge in [-0.25, -0.2) is 0 Å². The second-order valence-electron chi connectivity index (χ2n) is 7.33. The lowest BCUT2D eigenvalue weighted by atomic mass is 10.1. The second kappa shape index (κ2) is 8.86. The first kappa shape index (κ1) is 19.8. The smallest absolute Gasteiger partial charge is 0.232 e. The maximum absolute atomic E-state index is 5.62. The van der Waals surface area contributed by atoms with Crippen LogP contribution >= 0.6 is 11.8 Å². The first-order valence-corrected chi connectivity index (χ1v) is 10.9. The molecule has 1 fully saturated rings. The molecule has 0 radical (unpaired) electrons. The molecule has 3 aromatic rings. The Morgan fingerprint density at radius 2 is 1.93 bits per heavy atom. The number of nitrogens with zero attached hydrogens (tertiary/aromatic N) is 6. The van der Waals surface area contributed by atoms with Crippen molar-refractivity contribution in [2.75, 3.05) is 25.1 Å². The van der Waals surface area contributed by atoms with Crippen molar-refractivity contribution < 1.29 is 9.26 Å². The molecule has 3 heterocycles. The topological polar surface area (TPSA) is 82.1 Å². The fourth-order valence-electron chi connectivity index (χ4n) is 3.37. The molecule has 9 heteroatoms. The van der Waals surface area contributed by atoms with E-state index in [1.807, 2.05) is 38.1 Å². The maximum atomic E-state index is 5.62. The van der Waals surface area contributed by atoms with Crippen LogP contribution < -0.4 is 9.64 Å². The summed E-state index contributed by atoms with van der Waals surface area (Å²) in [5.74, 6) is 3.73. The highest BCUT2D eigenvalue weighted by Gasteiger charge is 2.23. The third-order valence-corrected chi connectivity index (χ3v) is 5.81. The van der Waals surface area contributed by atoms with Gasteiger partial charge in [-0.05, 0) is 31.4 Å². The Labute approximate surface area is 174 Å². The number of ether oxygens (including phenoxy) is 1. The molecular formula is C20H26N6O2S. The summed E-state index contributed by atoms with van der Waals surface area (Å²) in [7, 11) is 1.68. The van der Waals surface area contributed by atoms with Gasteiger partial charge in [-0.2, -0.15) is 4.98 Å². The van der Waals surface area contributed by atoms with Crippen molar-refractivity contribution in [2.45, 2.75) is 49.9 Å². The Morgan fingerprint density at radius 1 is 1.14 bits per heavy atom. The molecule has 1 aliphatic heterocycles. The minimum Gasteiger partial charge on any atom is -0.495 e. The van der Waals surface area contributed by atoms with Crippen molar-refractivity contribution in [3.05, 3.63) is 36.0 Å². The van der Waals surface area contributed by atoms with Gasteiger partial charge >= 0.3 is 0 Å². The molecule has 0 bridgehead atoms. The number of aromatic nitrogens is 5. The Kier molecular flexibility index (Phi) is 6.03. The van der Waals surface area contributed by atoms with Crippen LogP contribution in [0.25, 0.3) is 5.69 Å². The summed E-state index contributed by atoms with van der Waals surface area (Å²) < 4.78 is 13.0. The van der Waals surface area contributed by atoms with Gasteiger partial charge in [0.05, 0.1) is 18.6 Å². The number of methoxy groups -OCH3 is 1. The van der Waals surface area contributed by atoms with Gasteiger partial charge in [-0.15, -0.1) is 10.2 Å². The highest BCUT2D eigenvalue weighted by molar-refractivity contribution is 7.98. The lowest BCUT2D eigenvalue weighted by Crippen LogP contribution is -2.31. The van der Waals surface area contributed by atoms with Crippen LogP contribution in [0.15, 0.2) is 33.9 Å². The van der Waals surface area contributed by atoms with Gasteiger partial charge in [0.1, 0.15) is 5.75 Å². The minimum absolute atomic E-state index is 0.212. The number of rotatable bonds is 7. The SMILES string of the molecule is COc1ccccc1-n1c(SCc2noc(C(C)C)n2)nnc1N1CCCCC1. The molecule has 1 saturated heterocycles. The highest BCUT2D eigenvalue weighted by atomic mass is 32.2. The van der Waals surface area contributed by atoms with Crippen molar-refractivity contribution in [1.29, 1.82) is 0 Å². The van der Waals surface area contributed by atoms with Gasteiger partial charge < -0.3 is 14.2 Å². The Bertz CT molecular complexity index is 948. The number of para-hydroxylation sites is 2. The molecule has 0 spiro atoms. The number of thioether (sulfide) groups is 1. The zero-order valence-electron chi connectivity index (χ0n) is 17.0. The summed E-state index contributed by atoms with van der Waals surface area (Å²) in [6, 6.07) is 7.95. The number of hydrogen-bond acceptors (Lipinski definition) is 8. The number of benzene rings is 1. The molecule has 1 aliphatic rings. The number of hydrogen-bond donors (Lipinski definition) is 0. The van der Waals surface area contributed by atoms with Gasteiger partial charge in [-0.3, -0.25) is 4.57 Å². The van der Waals surface area contributed by atoms with Crippen molar-refractivity contribution in [2.24, 2.45) is 0 Å². The molecule has 0 unspecified atom stereocenters. The van der Waals surface area contributed by atoms with E-state index in [9.17, 15) is 0 Å². The molecule has 1 aromatic carbocycles. The molecule has 2 aromatic heterocycles. The quantitative estimate of drug-likeness (QED) is 0.535. The third kappa shape index (κ3) is 4.24. The normalized spacial score (nSPS) is 14.6. The summed E-state index contributed by atoms with van der Waals surface area (Å²) >= 11 is 1.55. The van der Waals surface area contributed by atoms with Crippen LogP contribution in [0, 0.1) is 0 Å². The van der Waals surface area contributed by atoms with Gasteiger partial charge in [0.2, 0.25) is 11.8 Å². The maximum Gasteiger partial charge on any atom is 0.232 e. The van der Waals surface area contributed by atoms with E-state index in [1.54, 1.807) is 18.9 Å². The van der Waals surface area contributed by atoms with E-state index in [-0.39, 0.29) is 5.92 Å². The largest absolute Gasteiger partial charge is 0.495 e. The molecule has 0 atom stereocenters. The Balaban J connectivity index is 1.66. The molecule has 0 amide bonds. The standard InChI is InChI=1S/C20H26N6O2S/c1-14(2)18-21-17(24-28-18)13-29-20-23-22-19(25-11-7-4-8-12-25)26(20)15-9-5-6-10-16(15)27-3/h5-6,9-10,14H,4,7-8,11-13H2,1-3H3. The highest BCUT2D eigenvalue weighted by Crippen LogP contribution is 2.33. The summed E-state index contributed by atoms with van der Waals surface area (Å²) in [5, 5.41) is 13.9. The molecule has 0 N–H and O–H groups in total. The predicted octanol–water partition coefficient (Wildman–Crippen LogP) is 4.06. The molecule has 29 heavy (non-hydrogen) atoms. The van der Waals surface area contributed by atoms with Crippen molar-refractivity contribution in [3.8, 4) is 11.4 Å². The average Bonchev–Trinajstić information content (AvgIpc) is 3.40. The molecule has 154 valence electrons. The van der Waals surface area contributed by atoms with E-state index in [1.165, 1.54) is 19.3 Å². The summed E-state index contributed by atoms with van der Waals surface area (Å²) in [4.78, 5) is 6.77. The minimum atomic E-state index is 0.212. The van der Waals surface area contributed by atoms with Crippen LogP contribution in [0.1, 0.15) is 50.7 Å². The fraction of sp³-hybridized carbons (Fsp3) is 0.500. The van der Waals surface area contributed by atoms with Gasteiger partial charge in [-0.1, -0.05) is 42.9 Å². The van der Waals surface area contributed by atoms with Crippen LogP contribution in [0.3, 0.4) is 0 Å². The lowest BCUT2D eigenvalue weighted by Gasteiger charge is -2.28. The van der Waals surface area contributed by atoms with Gasteiger partial charge in [0, 0.05) is 19.0 Å². The molecule has 8 nitrogen and oxygen atoms in total. The van der Waals surface area contributed by atoms with Crippen molar-refractivity contribution >= 4 is 17.7 Å². The van der Waals surface area contributed by atoms with E-state index in [0.29, 0.717) is 17.5 Å². The van der Waals surface area contributed by atoms with Gasteiger partial charge in [0.25, 0.3) is 0 Å². The van der Waals surface area contributed by atoms with Crippen LogP contribution in [0.5, 0.6) is 5.75 Å². The van der Waals surface area contributed by atoms with E-state index in [2.05, 4.69) is 29.8 Å². The fourth-order valence-corrected chi connectivity index (χ4v) is 4.15. The molecule has 4 rings (SSSR count). The van der Waals surface area contributed by atoms with E-state index < -0.39 is 0 Å². The van der Waals surface area contributed by atoms with Crippen LogP contribution in [0.4, 0.5) is 5.95 Å². The van der Waals surface area contributed by atoms with Crippen molar-refractivity contribution in [1.82, 2.24) is 24.9 Å². The second-order valence-corrected chi connectivity index (χ2v) is 8.27. The zero-order chi connectivity index (χ0) is 20.2.